The van der Waals surface area contributed by atoms with Crippen LogP contribution in [0.3, 0.4) is 0 Å². The number of amides is 1. The van der Waals surface area contributed by atoms with Gasteiger partial charge in [0.2, 0.25) is 0 Å². The lowest BCUT2D eigenvalue weighted by Crippen LogP contribution is -2.32. The summed E-state index contributed by atoms with van der Waals surface area (Å²) in [6.45, 7) is 0. The third-order valence-corrected chi connectivity index (χ3v) is 7.64. The van der Waals surface area contributed by atoms with Gasteiger partial charge in [0.1, 0.15) is 0 Å². The Kier molecular flexibility index (Phi) is 7.79. The summed E-state index contributed by atoms with van der Waals surface area (Å²) in [5.41, 5.74) is 4.32. The second-order valence-corrected chi connectivity index (χ2v) is 9.86. The highest BCUT2D eigenvalue weighted by Gasteiger charge is 2.44. The van der Waals surface area contributed by atoms with Gasteiger partial charge in [-0.1, -0.05) is 35.9 Å². The van der Waals surface area contributed by atoms with Crippen LogP contribution in [0.1, 0.15) is 46.8 Å². The van der Waals surface area contributed by atoms with Crippen LogP contribution in [0.15, 0.2) is 71.3 Å². The Balaban J connectivity index is 1.60. The third-order valence-electron chi connectivity index (χ3n) is 7.31. The molecule has 2 aliphatic rings. The molecule has 1 saturated carbocycles. The van der Waals surface area contributed by atoms with Crippen molar-refractivity contribution in [3.63, 3.8) is 0 Å². The second kappa shape index (κ2) is 11.4. The molecule has 7 nitrogen and oxygen atoms in total. The summed E-state index contributed by atoms with van der Waals surface area (Å²) < 4.78 is 22.0. The molecule has 0 saturated heterocycles. The Morgan fingerprint density at radius 1 is 0.897 bits per heavy atom. The molecule has 5 rings (SSSR count). The van der Waals surface area contributed by atoms with Crippen molar-refractivity contribution in [2.24, 2.45) is 11.0 Å². The van der Waals surface area contributed by atoms with Gasteiger partial charge < -0.3 is 18.9 Å². The number of carbonyl (C=O) groups is 1. The van der Waals surface area contributed by atoms with Crippen molar-refractivity contribution in [3.05, 3.63) is 87.9 Å². The molecule has 8 heteroatoms. The molecule has 0 spiro atoms. The van der Waals surface area contributed by atoms with Gasteiger partial charge in [-0.2, -0.15) is 5.10 Å². The van der Waals surface area contributed by atoms with Crippen LogP contribution in [0.5, 0.6) is 23.0 Å². The van der Waals surface area contributed by atoms with E-state index in [-0.39, 0.29) is 17.9 Å². The molecule has 39 heavy (non-hydrogen) atoms. The topological polar surface area (TPSA) is 69.6 Å². The van der Waals surface area contributed by atoms with E-state index in [2.05, 4.69) is 6.08 Å². The SMILES string of the molecule is COc1ccc(/C=C2\CCC[C@@H]3C2=NN(C(=O)c2ccccc2Cl)[C@H]3c2ccc(OC)c(OC)c2)cc1OC. The van der Waals surface area contributed by atoms with Gasteiger partial charge in [0.25, 0.3) is 5.91 Å². The maximum atomic E-state index is 13.9. The predicted molar refractivity (Wildman–Crippen MR) is 152 cm³/mol. The zero-order chi connectivity index (χ0) is 27.5. The summed E-state index contributed by atoms with van der Waals surface area (Å²) in [6, 6.07) is 18.4. The fourth-order valence-electron chi connectivity index (χ4n) is 5.44. The van der Waals surface area contributed by atoms with Crippen molar-refractivity contribution < 1.29 is 23.7 Å². The Labute approximate surface area is 233 Å². The molecule has 1 heterocycles. The van der Waals surface area contributed by atoms with E-state index in [0.29, 0.717) is 33.6 Å². The Bertz CT molecular complexity index is 1450. The van der Waals surface area contributed by atoms with Crippen molar-refractivity contribution >= 4 is 29.3 Å². The first-order valence-electron chi connectivity index (χ1n) is 12.8. The monoisotopic (exact) mass is 546 g/mol. The summed E-state index contributed by atoms with van der Waals surface area (Å²) in [5.74, 6) is 2.32. The number of hydrazone groups is 1. The molecule has 2 atom stereocenters. The van der Waals surface area contributed by atoms with Gasteiger partial charge in [-0.25, -0.2) is 5.01 Å². The first-order chi connectivity index (χ1) is 19.0. The Morgan fingerprint density at radius 3 is 2.26 bits per heavy atom. The molecule has 3 aromatic rings. The number of benzene rings is 3. The standard InChI is InChI=1S/C31H31ClN2O5/c1-36-25-14-12-19(17-27(25)38-3)16-20-8-7-10-23-29(20)33-34(31(35)22-9-5-6-11-24(22)32)30(23)21-13-15-26(37-2)28(18-21)39-4/h5-6,9,11-18,23,30H,7-8,10H2,1-4H3/b20-16+/t23-,30+/m1/s1. The number of hydrogen-bond acceptors (Lipinski definition) is 6. The van der Waals surface area contributed by atoms with Gasteiger partial charge in [-0.3, -0.25) is 4.79 Å². The molecule has 0 bridgehead atoms. The minimum atomic E-state index is -0.322. The number of methoxy groups -OCH3 is 4. The molecular formula is C31H31ClN2O5. The molecular weight excluding hydrogens is 516 g/mol. The van der Waals surface area contributed by atoms with Gasteiger partial charge in [0.05, 0.1) is 50.8 Å². The van der Waals surface area contributed by atoms with Crippen molar-refractivity contribution in [2.45, 2.75) is 25.3 Å². The number of carbonyl (C=O) groups excluding carboxylic acids is 1. The smallest absolute Gasteiger partial charge is 0.276 e. The highest BCUT2D eigenvalue weighted by atomic mass is 35.5. The minimum Gasteiger partial charge on any atom is -0.493 e. The second-order valence-electron chi connectivity index (χ2n) is 9.46. The molecule has 0 unspecified atom stereocenters. The van der Waals surface area contributed by atoms with Crippen LogP contribution in [0.2, 0.25) is 5.02 Å². The van der Waals surface area contributed by atoms with Crippen molar-refractivity contribution in [1.29, 1.82) is 0 Å². The van der Waals surface area contributed by atoms with Gasteiger partial charge in [-0.05, 0) is 78.4 Å². The summed E-state index contributed by atoms with van der Waals surface area (Å²) in [6.07, 6.45) is 4.85. The Morgan fingerprint density at radius 2 is 1.56 bits per heavy atom. The molecule has 1 aliphatic heterocycles. The number of allylic oxidation sites excluding steroid dienone is 1. The van der Waals surface area contributed by atoms with E-state index in [4.69, 9.17) is 35.6 Å². The highest BCUT2D eigenvalue weighted by Crippen LogP contribution is 2.46. The zero-order valence-electron chi connectivity index (χ0n) is 22.4. The predicted octanol–water partition coefficient (Wildman–Crippen LogP) is 6.81. The quantitative estimate of drug-likeness (QED) is 0.325. The number of halogens is 1. The zero-order valence-corrected chi connectivity index (χ0v) is 23.2. The Hall–Kier alpha value is -3.97. The van der Waals surface area contributed by atoms with Gasteiger partial charge in [0, 0.05) is 5.92 Å². The molecule has 3 aromatic carbocycles. The summed E-state index contributed by atoms with van der Waals surface area (Å²) in [7, 11) is 6.45. The van der Waals surface area contributed by atoms with Crippen LogP contribution >= 0.6 is 11.6 Å². The van der Waals surface area contributed by atoms with Crippen LogP contribution in [0.4, 0.5) is 0 Å². The van der Waals surface area contributed by atoms with E-state index in [0.717, 1.165) is 41.7 Å². The fourth-order valence-corrected chi connectivity index (χ4v) is 5.66. The van der Waals surface area contributed by atoms with E-state index < -0.39 is 0 Å². The van der Waals surface area contributed by atoms with Gasteiger partial charge in [0.15, 0.2) is 23.0 Å². The lowest BCUT2D eigenvalue weighted by Gasteiger charge is -2.30. The molecule has 0 radical (unpaired) electrons. The number of fused-ring (bicyclic) bond motifs is 1. The number of nitrogens with zero attached hydrogens (tertiary/aromatic N) is 2. The highest BCUT2D eigenvalue weighted by molar-refractivity contribution is 6.33. The van der Waals surface area contributed by atoms with Crippen molar-refractivity contribution in [3.8, 4) is 23.0 Å². The maximum Gasteiger partial charge on any atom is 0.276 e. The van der Waals surface area contributed by atoms with E-state index in [1.165, 1.54) is 0 Å². The molecule has 1 aliphatic carbocycles. The molecule has 202 valence electrons. The lowest BCUT2D eigenvalue weighted by atomic mass is 9.77. The molecule has 1 amide bonds. The largest absolute Gasteiger partial charge is 0.493 e. The number of ether oxygens (including phenoxy) is 4. The van der Waals surface area contributed by atoms with Crippen LogP contribution in [-0.4, -0.2) is 45.1 Å². The summed E-state index contributed by atoms with van der Waals surface area (Å²) in [4.78, 5) is 13.9. The molecule has 1 fully saturated rings. The first-order valence-corrected chi connectivity index (χ1v) is 13.2. The first kappa shape index (κ1) is 26.6. The summed E-state index contributed by atoms with van der Waals surface area (Å²) >= 11 is 6.45. The average Bonchev–Trinajstić information content (AvgIpc) is 3.37. The normalized spacial score (nSPS) is 19.4. The lowest BCUT2D eigenvalue weighted by molar-refractivity contribution is 0.0680. The maximum absolute atomic E-state index is 13.9. The van der Waals surface area contributed by atoms with Crippen molar-refractivity contribution in [1.82, 2.24) is 5.01 Å². The van der Waals surface area contributed by atoms with Crippen LogP contribution in [-0.2, 0) is 0 Å². The summed E-state index contributed by atoms with van der Waals surface area (Å²) in [5, 5.41) is 6.97. The van der Waals surface area contributed by atoms with E-state index >= 15 is 0 Å². The third kappa shape index (κ3) is 5.06. The van der Waals surface area contributed by atoms with E-state index in [1.54, 1.807) is 45.6 Å². The fraction of sp³-hybridized carbons (Fsp3) is 0.290. The van der Waals surface area contributed by atoms with Gasteiger partial charge >= 0.3 is 0 Å². The van der Waals surface area contributed by atoms with Gasteiger partial charge in [-0.15, -0.1) is 0 Å². The van der Waals surface area contributed by atoms with E-state index in [1.807, 2.05) is 48.5 Å². The minimum absolute atomic E-state index is 0.00897. The van der Waals surface area contributed by atoms with Crippen LogP contribution < -0.4 is 18.9 Å². The number of rotatable bonds is 7. The van der Waals surface area contributed by atoms with Crippen LogP contribution in [0.25, 0.3) is 6.08 Å². The average molecular weight is 547 g/mol. The van der Waals surface area contributed by atoms with Crippen LogP contribution in [0, 0.1) is 5.92 Å². The molecule has 0 aromatic heterocycles. The van der Waals surface area contributed by atoms with Crippen molar-refractivity contribution in [2.75, 3.05) is 28.4 Å². The number of hydrogen-bond donors (Lipinski definition) is 0. The molecule has 0 N–H and O–H groups in total. The van der Waals surface area contributed by atoms with E-state index in [9.17, 15) is 4.79 Å².